The van der Waals surface area contributed by atoms with Gasteiger partial charge >= 0.3 is 6.03 Å². The molecule has 0 radical (unpaired) electrons. The zero-order valence-corrected chi connectivity index (χ0v) is 14.1. The summed E-state index contributed by atoms with van der Waals surface area (Å²) in [6.07, 6.45) is 1.57. The predicted octanol–water partition coefficient (Wildman–Crippen LogP) is -0.311. The van der Waals surface area contributed by atoms with Gasteiger partial charge in [-0.05, 0) is 18.4 Å². The molecule has 136 valence electrons. The van der Waals surface area contributed by atoms with E-state index in [-0.39, 0.29) is 12.3 Å². The van der Waals surface area contributed by atoms with Crippen LogP contribution in [0, 0.1) is 0 Å². The lowest BCUT2D eigenvalue weighted by Gasteiger charge is -2.08. The fourth-order valence-corrected chi connectivity index (χ4v) is 2.84. The van der Waals surface area contributed by atoms with Gasteiger partial charge in [-0.1, -0.05) is 30.3 Å². The number of aromatic nitrogens is 3. The van der Waals surface area contributed by atoms with E-state index in [2.05, 4.69) is 20.7 Å². The van der Waals surface area contributed by atoms with Gasteiger partial charge < -0.3 is 11.1 Å². The van der Waals surface area contributed by atoms with Crippen LogP contribution in [0.4, 0.5) is 4.79 Å². The average Bonchev–Trinajstić information content (AvgIpc) is 3.13. The van der Waals surface area contributed by atoms with E-state index in [1.54, 1.807) is 4.68 Å². The Morgan fingerprint density at radius 1 is 1.19 bits per heavy atom. The van der Waals surface area contributed by atoms with E-state index in [0.717, 1.165) is 12.0 Å². The van der Waals surface area contributed by atoms with Gasteiger partial charge in [0.25, 0.3) is 5.91 Å². The third kappa shape index (κ3) is 4.44. The molecule has 1 aliphatic rings. The molecular weight excluding hydrogens is 336 g/mol. The molecule has 1 saturated heterocycles. The normalized spacial score (nSPS) is 16.4. The zero-order chi connectivity index (χ0) is 18.5. The van der Waals surface area contributed by atoms with Crippen molar-refractivity contribution in [2.24, 2.45) is 5.73 Å². The number of urea groups is 1. The molecule has 0 bridgehead atoms. The van der Waals surface area contributed by atoms with Gasteiger partial charge in [-0.3, -0.25) is 14.9 Å². The Morgan fingerprint density at radius 2 is 1.96 bits per heavy atom. The van der Waals surface area contributed by atoms with Crippen LogP contribution in [0.2, 0.25) is 0 Å². The van der Waals surface area contributed by atoms with Gasteiger partial charge in [-0.25, -0.2) is 14.5 Å². The summed E-state index contributed by atoms with van der Waals surface area (Å²) >= 11 is 0. The third-order valence-corrected chi connectivity index (χ3v) is 4.09. The van der Waals surface area contributed by atoms with Crippen molar-refractivity contribution in [2.75, 3.05) is 0 Å². The highest BCUT2D eigenvalue weighted by Gasteiger charge is 2.29. The first-order valence-electron chi connectivity index (χ1n) is 8.37. The molecule has 9 heteroatoms. The number of aryl methyl sites for hydroxylation is 3. The van der Waals surface area contributed by atoms with Gasteiger partial charge in [0.2, 0.25) is 5.91 Å². The van der Waals surface area contributed by atoms with Gasteiger partial charge in [0.15, 0.2) is 5.82 Å². The summed E-state index contributed by atoms with van der Waals surface area (Å²) in [7, 11) is 0. The molecule has 0 saturated carbocycles. The molecule has 3 rings (SSSR count). The summed E-state index contributed by atoms with van der Waals surface area (Å²) in [6.45, 7) is 0.592. The second-order valence-electron chi connectivity index (χ2n) is 6.10. The Morgan fingerprint density at radius 3 is 2.62 bits per heavy atom. The molecule has 1 atom stereocenters. The van der Waals surface area contributed by atoms with Crippen LogP contribution in [-0.2, 0) is 35.4 Å². The van der Waals surface area contributed by atoms with Crippen LogP contribution < -0.4 is 16.4 Å². The molecule has 4 N–H and O–H groups in total. The van der Waals surface area contributed by atoms with Crippen molar-refractivity contribution in [3.05, 3.63) is 47.5 Å². The van der Waals surface area contributed by atoms with Crippen LogP contribution in [0.1, 0.15) is 23.6 Å². The Labute approximate surface area is 150 Å². The number of benzene rings is 1. The number of rotatable bonds is 8. The van der Waals surface area contributed by atoms with Crippen LogP contribution in [0.3, 0.4) is 0 Å². The number of primary amides is 1. The molecule has 2 aromatic rings. The summed E-state index contributed by atoms with van der Waals surface area (Å²) in [5.41, 5.74) is 6.39. The van der Waals surface area contributed by atoms with Crippen LogP contribution in [-0.4, -0.2) is 38.7 Å². The lowest BCUT2D eigenvalue weighted by Crippen LogP contribution is -2.29. The van der Waals surface area contributed by atoms with Crippen molar-refractivity contribution in [1.82, 2.24) is 25.4 Å². The average molecular weight is 356 g/mol. The Bertz CT molecular complexity index is 817. The van der Waals surface area contributed by atoms with Crippen LogP contribution >= 0.6 is 0 Å². The van der Waals surface area contributed by atoms with Crippen molar-refractivity contribution in [2.45, 2.75) is 38.3 Å². The molecule has 0 unspecified atom stereocenters. The quantitative estimate of drug-likeness (QED) is 0.558. The van der Waals surface area contributed by atoms with Crippen molar-refractivity contribution in [3.63, 3.8) is 0 Å². The number of carbonyl (C=O) groups is 3. The number of imide groups is 1. The molecule has 0 aliphatic carbocycles. The van der Waals surface area contributed by atoms with Crippen molar-refractivity contribution in [3.8, 4) is 0 Å². The first kappa shape index (κ1) is 17.6. The van der Waals surface area contributed by atoms with Gasteiger partial charge in [-0.2, -0.15) is 5.10 Å². The second kappa shape index (κ2) is 7.77. The van der Waals surface area contributed by atoms with E-state index >= 15 is 0 Å². The van der Waals surface area contributed by atoms with E-state index in [9.17, 15) is 14.4 Å². The minimum atomic E-state index is -0.582. The fourth-order valence-electron chi connectivity index (χ4n) is 2.84. The van der Waals surface area contributed by atoms with Crippen molar-refractivity contribution < 1.29 is 14.4 Å². The highest BCUT2D eigenvalue weighted by molar-refractivity contribution is 6.04. The first-order valence-corrected chi connectivity index (χ1v) is 8.37. The molecule has 4 amide bonds. The number of carbonyl (C=O) groups excluding carboxylic acids is 3. The highest BCUT2D eigenvalue weighted by Crippen LogP contribution is 2.09. The summed E-state index contributed by atoms with van der Waals surface area (Å²) in [4.78, 5) is 38.4. The lowest BCUT2D eigenvalue weighted by atomic mass is 10.1. The topological polar surface area (TPSA) is 132 Å². The SMILES string of the molecule is NC(=O)Cc1nc(CC[C@@H]2NC(=O)NC2=O)n(CCc2ccccc2)n1. The zero-order valence-electron chi connectivity index (χ0n) is 14.1. The van der Waals surface area contributed by atoms with Gasteiger partial charge in [0, 0.05) is 13.0 Å². The van der Waals surface area contributed by atoms with Gasteiger partial charge in [-0.15, -0.1) is 0 Å². The molecule has 2 heterocycles. The number of nitrogens with one attached hydrogen (secondary N) is 2. The van der Waals surface area contributed by atoms with E-state index in [4.69, 9.17) is 5.73 Å². The summed E-state index contributed by atoms with van der Waals surface area (Å²) in [5.74, 6) is 0.175. The maximum Gasteiger partial charge on any atom is 0.322 e. The Balaban J connectivity index is 1.69. The van der Waals surface area contributed by atoms with Gasteiger partial charge in [0.05, 0.1) is 6.42 Å². The van der Waals surface area contributed by atoms with Crippen LogP contribution in [0.15, 0.2) is 30.3 Å². The smallest absolute Gasteiger partial charge is 0.322 e. The maximum absolute atomic E-state index is 11.7. The molecule has 1 aromatic carbocycles. The molecule has 9 nitrogen and oxygen atoms in total. The minimum Gasteiger partial charge on any atom is -0.369 e. The molecule has 1 fully saturated rings. The lowest BCUT2D eigenvalue weighted by molar-refractivity contribution is -0.120. The standard InChI is InChI=1S/C17H20N6O3/c18-13(24)10-14-20-15(7-6-12-16(25)21-17(26)19-12)23(22-14)9-8-11-4-2-1-3-5-11/h1-5,12H,6-10H2,(H2,18,24)(H2,19,21,25,26)/t12-/m0/s1. The third-order valence-electron chi connectivity index (χ3n) is 4.09. The summed E-state index contributed by atoms with van der Waals surface area (Å²) < 4.78 is 1.74. The van der Waals surface area contributed by atoms with E-state index in [1.165, 1.54) is 0 Å². The number of nitrogens with two attached hydrogens (primary N) is 1. The Hall–Kier alpha value is -3.23. The predicted molar refractivity (Wildman–Crippen MR) is 91.8 cm³/mol. The number of nitrogens with zero attached hydrogens (tertiary/aromatic N) is 3. The van der Waals surface area contributed by atoms with Crippen LogP contribution in [0.25, 0.3) is 0 Å². The Kier molecular flexibility index (Phi) is 5.26. The van der Waals surface area contributed by atoms with Crippen LogP contribution in [0.5, 0.6) is 0 Å². The molecule has 1 aliphatic heterocycles. The first-order chi connectivity index (χ1) is 12.5. The van der Waals surface area contributed by atoms with E-state index in [0.29, 0.717) is 31.0 Å². The summed E-state index contributed by atoms with van der Waals surface area (Å²) in [6, 6.07) is 8.88. The number of hydrogen-bond donors (Lipinski definition) is 3. The molecular formula is C17H20N6O3. The number of hydrogen-bond acceptors (Lipinski definition) is 5. The van der Waals surface area contributed by atoms with E-state index < -0.39 is 18.0 Å². The number of amides is 4. The van der Waals surface area contributed by atoms with E-state index in [1.807, 2.05) is 30.3 Å². The molecule has 1 aromatic heterocycles. The second-order valence-corrected chi connectivity index (χ2v) is 6.10. The largest absolute Gasteiger partial charge is 0.369 e. The monoisotopic (exact) mass is 356 g/mol. The molecule has 26 heavy (non-hydrogen) atoms. The summed E-state index contributed by atoms with van der Waals surface area (Å²) in [5, 5.41) is 9.12. The molecule has 0 spiro atoms. The maximum atomic E-state index is 11.7. The van der Waals surface area contributed by atoms with Crippen molar-refractivity contribution in [1.29, 1.82) is 0 Å². The van der Waals surface area contributed by atoms with Crippen molar-refractivity contribution >= 4 is 17.8 Å². The van der Waals surface area contributed by atoms with Gasteiger partial charge in [0.1, 0.15) is 11.9 Å². The minimum absolute atomic E-state index is 0.0357. The highest BCUT2D eigenvalue weighted by atomic mass is 16.2. The fraction of sp³-hybridized carbons (Fsp3) is 0.353.